The van der Waals surface area contributed by atoms with Crippen molar-refractivity contribution in [3.63, 3.8) is 0 Å². The first-order valence-corrected chi connectivity index (χ1v) is 5.57. The third-order valence-corrected chi connectivity index (χ3v) is 3.41. The van der Waals surface area contributed by atoms with Crippen LogP contribution >= 0.6 is 11.8 Å². The van der Waals surface area contributed by atoms with E-state index in [1.165, 1.54) is 11.5 Å². The van der Waals surface area contributed by atoms with E-state index in [4.69, 9.17) is 5.26 Å². The fraction of sp³-hybridized carbons (Fsp3) is 0.556. The standard InChI is InChI=1S/C9H11N3S/c10-5-9-6-11-7-12(9)8-1-3-13-4-2-8/h6-8H,1-4H2. The first-order chi connectivity index (χ1) is 6.42. The number of nitrogens with zero attached hydrogens (tertiary/aromatic N) is 3. The SMILES string of the molecule is N#Cc1cncn1C1CCSCC1. The summed E-state index contributed by atoms with van der Waals surface area (Å²) < 4.78 is 2.01. The lowest BCUT2D eigenvalue weighted by molar-refractivity contribution is 0.466. The largest absolute Gasteiger partial charge is 0.319 e. The maximum atomic E-state index is 8.82. The van der Waals surface area contributed by atoms with Crippen molar-refractivity contribution in [2.24, 2.45) is 0 Å². The molecule has 1 aliphatic heterocycles. The summed E-state index contributed by atoms with van der Waals surface area (Å²) in [4.78, 5) is 4.00. The van der Waals surface area contributed by atoms with Crippen LogP contribution in [0.25, 0.3) is 0 Å². The molecule has 0 spiro atoms. The molecule has 0 bridgehead atoms. The number of rotatable bonds is 1. The van der Waals surface area contributed by atoms with Crippen LogP contribution in [0.3, 0.4) is 0 Å². The number of hydrogen-bond donors (Lipinski definition) is 0. The van der Waals surface area contributed by atoms with Crippen LogP contribution in [-0.2, 0) is 0 Å². The first kappa shape index (κ1) is 8.64. The Labute approximate surface area is 81.8 Å². The van der Waals surface area contributed by atoms with Crippen LogP contribution in [0.15, 0.2) is 12.5 Å². The van der Waals surface area contributed by atoms with Gasteiger partial charge in [0.2, 0.25) is 0 Å². The van der Waals surface area contributed by atoms with Crippen LogP contribution < -0.4 is 0 Å². The van der Waals surface area contributed by atoms with E-state index >= 15 is 0 Å². The van der Waals surface area contributed by atoms with Gasteiger partial charge in [0.05, 0.1) is 12.5 Å². The average molecular weight is 193 g/mol. The van der Waals surface area contributed by atoms with Gasteiger partial charge in [-0.1, -0.05) is 0 Å². The lowest BCUT2D eigenvalue weighted by atomic mass is 10.1. The van der Waals surface area contributed by atoms with Crippen molar-refractivity contribution in [3.8, 4) is 6.07 Å². The van der Waals surface area contributed by atoms with E-state index in [2.05, 4.69) is 11.1 Å². The van der Waals surface area contributed by atoms with Gasteiger partial charge in [-0.25, -0.2) is 4.98 Å². The molecule has 0 atom stereocenters. The molecule has 13 heavy (non-hydrogen) atoms. The maximum absolute atomic E-state index is 8.82. The van der Waals surface area contributed by atoms with Gasteiger partial charge in [0.25, 0.3) is 0 Å². The summed E-state index contributed by atoms with van der Waals surface area (Å²) >= 11 is 1.99. The molecule has 0 aromatic carbocycles. The summed E-state index contributed by atoms with van der Waals surface area (Å²) in [6, 6.07) is 2.67. The van der Waals surface area contributed by atoms with Crippen LogP contribution in [0.2, 0.25) is 0 Å². The highest BCUT2D eigenvalue weighted by Gasteiger charge is 2.17. The lowest BCUT2D eigenvalue weighted by Gasteiger charge is -2.22. The smallest absolute Gasteiger partial charge is 0.140 e. The van der Waals surface area contributed by atoms with E-state index in [0.29, 0.717) is 11.7 Å². The Hall–Kier alpha value is -0.950. The van der Waals surface area contributed by atoms with Gasteiger partial charge in [-0.05, 0) is 24.3 Å². The van der Waals surface area contributed by atoms with Crippen molar-refractivity contribution in [1.82, 2.24) is 9.55 Å². The molecule has 0 N–H and O–H groups in total. The lowest BCUT2D eigenvalue weighted by Crippen LogP contribution is -2.15. The van der Waals surface area contributed by atoms with Gasteiger partial charge in [-0.3, -0.25) is 0 Å². The van der Waals surface area contributed by atoms with Crippen LogP contribution in [0.5, 0.6) is 0 Å². The highest BCUT2D eigenvalue weighted by Crippen LogP contribution is 2.27. The van der Waals surface area contributed by atoms with E-state index in [9.17, 15) is 0 Å². The Morgan fingerprint density at radius 2 is 2.31 bits per heavy atom. The zero-order chi connectivity index (χ0) is 9.10. The molecule has 2 rings (SSSR count). The van der Waals surface area contributed by atoms with Crippen LogP contribution in [-0.4, -0.2) is 21.1 Å². The van der Waals surface area contributed by atoms with E-state index in [1.54, 1.807) is 12.5 Å². The van der Waals surface area contributed by atoms with Crippen LogP contribution in [0.1, 0.15) is 24.6 Å². The summed E-state index contributed by atoms with van der Waals surface area (Å²) in [7, 11) is 0. The minimum atomic E-state index is 0.499. The third-order valence-electron chi connectivity index (χ3n) is 2.36. The monoisotopic (exact) mass is 193 g/mol. The fourth-order valence-corrected chi connectivity index (χ4v) is 2.73. The molecule has 0 amide bonds. The predicted molar refractivity (Wildman–Crippen MR) is 52.5 cm³/mol. The second kappa shape index (κ2) is 3.84. The van der Waals surface area contributed by atoms with Gasteiger partial charge in [-0.15, -0.1) is 0 Å². The molecule has 1 saturated heterocycles. The molecule has 1 aromatic rings. The van der Waals surface area contributed by atoms with Gasteiger partial charge in [-0.2, -0.15) is 17.0 Å². The topological polar surface area (TPSA) is 41.6 Å². The van der Waals surface area contributed by atoms with Crippen molar-refractivity contribution in [2.75, 3.05) is 11.5 Å². The van der Waals surface area contributed by atoms with Crippen LogP contribution in [0, 0.1) is 11.3 Å². The minimum Gasteiger partial charge on any atom is -0.319 e. The van der Waals surface area contributed by atoms with Gasteiger partial charge in [0, 0.05) is 6.04 Å². The average Bonchev–Trinajstić information content (AvgIpc) is 2.67. The zero-order valence-electron chi connectivity index (χ0n) is 7.31. The normalized spacial score (nSPS) is 18.4. The Kier molecular flexibility index (Phi) is 2.55. The molecule has 0 unspecified atom stereocenters. The Bertz CT molecular complexity index is 320. The van der Waals surface area contributed by atoms with E-state index in [-0.39, 0.29) is 0 Å². The number of hydrogen-bond acceptors (Lipinski definition) is 3. The molecule has 2 heterocycles. The van der Waals surface area contributed by atoms with Crippen molar-refractivity contribution in [2.45, 2.75) is 18.9 Å². The van der Waals surface area contributed by atoms with Gasteiger partial charge >= 0.3 is 0 Å². The number of aromatic nitrogens is 2. The Balaban J connectivity index is 2.19. The van der Waals surface area contributed by atoms with E-state index in [0.717, 1.165) is 12.8 Å². The third kappa shape index (κ3) is 1.70. The van der Waals surface area contributed by atoms with Gasteiger partial charge < -0.3 is 4.57 Å². The number of imidazole rings is 1. The molecule has 1 aromatic heterocycles. The van der Waals surface area contributed by atoms with E-state index < -0.39 is 0 Å². The maximum Gasteiger partial charge on any atom is 0.140 e. The summed E-state index contributed by atoms with van der Waals surface area (Å²) in [6.07, 6.45) is 5.74. The van der Waals surface area contributed by atoms with Crippen molar-refractivity contribution < 1.29 is 0 Å². The molecular formula is C9H11N3S. The van der Waals surface area contributed by atoms with Gasteiger partial charge in [0.1, 0.15) is 11.8 Å². The van der Waals surface area contributed by atoms with Crippen molar-refractivity contribution >= 4 is 11.8 Å². The molecule has 0 aliphatic carbocycles. The second-order valence-electron chi connectivity index (χ2n) is 3.14. The van der Waals surface area contributed by atoms with Crippen LogP contribution in [0.4, 0.5) is 0 Å². The predicted octanol–water partition coefficient (Wildman–Crippen LogP) is 1.82. The fourth-order valence-electron chi connectivity index (χ4n) is 1.65. The Morgan fingerprint density at radius 1 is 1.54 bits per heavy atom. The molecule has 0 radical (unpaired) electrons. The summed E-state index contributed by atoms with van der Waals surface area (Å²) in [5.41, 5.74) is 0.692. The molecular weight excluding hydrogens is 182 g/mol. The molecule has 1 aliphatic rings. The minimum absolute atomic E-state index is 0.499. The Morgan fingerprint density at radius 3 is 3.00 bits per heavy atom. The highest BCUT2D eigenvalue weighted by atomic mass is 32.2. The molecule has 0 saturated carbocycles. The molecule has 4 heteroatoms. The first-order valence-electron chi connectivity index (χ1n) is 4.41. The number of nitriles is 1. The highest BCUT2D eigenvalue weighted by molar-refractivity contribution is 7.99. The number of thioether (sulfide) groups is 1. The molecule has 68 valence electrons. The summed E-state index contributed by atoms with van der Waals surface area (Å²) in [5.74, 6) is 2.40. The summed E-state index contributed by atoms with van der Waals surface area (Å²) in [5, 5.41) is 8.82. The zero-order valence-corrected chi connectivity index (χ0v) is 8.13. The quantitative estimate of drug-likeness (QED) is 0.683. The second-order valence-corrected chi connectivity index (χ2v) is 4.37. The van der Waals surface area contributed by atoms with E-state index in [1.807, 2.05) is 16.3 Å². The summed E-state index contributed by atoms with van der Waals surface area (Å²) in [6.45, 7) is 0. The molecule has 1 fully saturated rings. The van der Waals surface area contributed by atoms with Crippen molar-refractivity contribution in [3.05, 3.63) is 18.2 Å². The molecule has 3 nitrogen and oxygen atoms in total. The van der Waals surface area contributed by atoms with Crippen molar-refractivity contribution in [1.29, 1.82) is 5.26 Å². The van der Waals surface area contributed by atoms with Gasteiger partial charge in [0.15, 0.2) is 0 Å².